The highest BCUT2D eigenvalue weighted by Crippen LogP contribution is 2.25. The van der Waals surface area contributed by atoms with Gasteiger partial charge in [-0.1, -0.05) is 39.8 Å². The van der Waals surface area contributed by atoms with E-state index in [2.05, 4.69) is 36.4 Å². The molecular weight excluding hydrogens is 364 g/mol. The van der Waals surface area contributed by atoms with Gasteiger partial charge in [-0.25, -0.2) is 4.98 Å². The average Bonchev–Trinajstić information content (AvgIpc) is 3.07. The smallest absolute Gasteiger partial charge is 0.291 e. The zero-order chi connectivity index (χ0) is 21.2. The van der Waals surface area contributed by atoms with Crippen LogP contribution in [0.2, 0.25) is 0 Å². The third-order valence-corrected chi connectivity index (χ3v) is 5.53. The number of carbonyl (C=O) groups is 2. The molecule has 0 saturated carbocycles. The molecule has 0 radical (unpaired) electrons. The molecule has 0 spiro atoms. The van der Waals surface area contributed by atoms with Crippen LogP contribution in [0.1, 0.15) is 86.2 Å². The van der Waals surface area contributed by atoms with Crippen molar-refractivity contribution in [3.8, 4) is 0 Å². The van der Waals surface area contributed by atoms with Crippen LogP contribution in [0.15, 0.2) is 24.3 Å². The van der Waals surface area contributed by atoms with E-state index in [-0.39, 0.29) is 23.3 Å². The van der Waals surface area contributed by atoms with E-state index in [1.807, 2.05) is 42.7 Å². The van der Waals surface area contributed by atoms with Crippen LogP contribution < -0.4 is 10.6 Å². The Morgan fingerprint density at radius 1 is 1.14 bits per heavy atom. The van der Waals surface area contributed by atoms with E-state index in [1.54, 1.807) is 0 Å². The number of hydrogen-bond acceptors (Lipinski definition) is 3. The van der Waals surface area contributed by atoms with Gasteiger partial charge < -0.3 is 15.2 Å². The Morgan fingerprint density at radius 3 is 2.45 bits per heavy atom. The molecule has 1 aliphatic rings. The van der Waals surface area contributed by atoms with Gasteiger partial charge in [-0.2, -0.15) is 0 Å². The molecule has 29 heavy (non-hydrogen) atoms. The quantitative estimate of drug-likeness (QED) is 0.791. The van der Waals surface area contributed by atoms with E-state index in [9.17, 15) is 9.59 Å². The second-order valence-corrected chi connectivity index (χ2v) is 8.90. The van der Waals surface area contributed by atoms with E-state index < -0.39 is 0 Å². The monoisotopic (exact) mass is 396 g/mol. The molecular formula is C23H32N4O2. The molecule has 1 unspecified atom stereocenters. The lowest BCUT2D eigenvalue weighted by Crippen LogP contribution is -2.33. The second-order valence-electron chi connectivity index (χ2n) is 8.90. The van der Waals surface area contributed by atoms with Crippen molar-refractivity contribution in [1.29, 1.82) is 0 Å². The first kappa shape index (κ1) is 21.1. The standard InChI is InChI=1S/C23H32N4O2/c1-6-15(2)24-21(28)19-18-9-7-8-14-27(18)20(26-19)22(29)25-17-12-10-16(11-13-17)23(3,4)5/h10-13,15H,6-9,14H2,1-5H3,(H,24,28)(H,25,29). The van der Waals surface area contributed by atoms with Gasteiger partial charge in [-0.15, -0.1) is 0 Å². The van der Waals surface area contributed by atoms with Crippen molar-refractivity contribution >= 4 is 17.5 Å². The fourth-order valence-electron chi connectivity index (χ4n) is 3.53. The molecule has 0 bridgehead atoms. The van der Waals surface area contributed by atoms with Crippen LogP contribution in [0.25, 0.3) is 0 Å². The maximum atomic E-state index is 13.0. The van der Waals surface area contributed by atoms with Crippen molar-refractivity contribution in [3.05, 3.63) is 47.0 Å². The van der Waals surface area contributed by atoms with E-state index in [0.717, 1.165) is 37.1 Å². The maximum absolute atomic E-state index is 13.0. The fourth-order valence-corrected chi connectivity index (χ4v) is 3.53. The Bertz CT molecular complexity index is 891. The summed E-state index contributed by atoms with van der Waals surface area (Å²) in [5.74, 6) is -0.160. The highest BCUT2D eigenvalue weighted by molar-refractivity contribution is 6.03. The minimum absolute atomic E-state index is 0.0581. The average molecular weight is 397 g/mol. The van der Waals surface area contributed by atoms with Crippen molar-refractivity contribution in [2.45, 2.75) is 78.3 Å². The zero-order valence-corrected chi connectivity index (χ0v) is 18.1. The molecule has 6 heteroatoms. The number of nitrogens with zero attached hydrogens (tertiary/aromatic N) is 2. The molecule has 2 amide bonds. The number of amides is 2. The summed E-state index contributed by atoms with van der Waals surface area (Å²) >= 11 is 0. The first-order chi connectivity index (χ1) is 13.7. The lowest BCUT2D eigenvalue weighted by Gasteiger charge is -2.19. The molecule has 2 heterocycles. The summed E-state index contributed by atoms with van der Waals surface area (Å²) in [6.07, 6.45) is 3.60. The summed E-state index contributed by atoms with van der Waals surface area (Å²) in [6.45, 7) is 11.2. The fraction of sp³-hybridized carbons (Fsp3) is 0.522. The zero-order valence-electron chi connectivity index (χ0n) is 18.1. The van der Waals surface area contributed by atoms with Gasteiger partial charge in [0.1, 0.15) is 5.69 Å². The van der Waals surface area contributed by atoms with Crippen LogP contribution >= 0.6 is 0 Å². The van der Waals surface area contributed by atoms with Gasteiger partial charge in [-0.05, 0) is 55.7 Å². The minimum atomic E-state index is -0.278. The summed E-state index contributed by atoms with van der Waals surface area (Å²) in [5.41, 5.74) is 3.24. The van der Waals surface area contributed by atoms with Crippen LogP contribution in [-0.2, 0) is 18.4 Å². The number of anilines is 1. The van der Waals surface area contributed by atoms with Crippen LogP contribution in [0.5, 0.6) is 0 Å². The van der Waals surface area contributed by atoms with E-state index in [1.165, 1.54) is 5.56 Å². The molecule has 2 N–H and O–H groups in total. The molecule has 0 fully saturated rings. The Hall–Kier alpha value is -2.63. The minimum Gasteiger partial charge on any atom is -0.348 e. The van der Waals surface area contributed by atoms with Crippen LogP contribution in [0, 0.1) is 0 Å². The van der Waals surface area contributed by atoms with E-state index in [4.69, 9.17) is 0 Å². The molecule has 3 rings (SSSR count). The molecule has 1 aromatic carbocycles. The summed E-state index contributed by atoms with van der Waals surface area (Å²) < 4.78 is 1.91. The predicted octanol–water partition coefficient (Wildman–Crippen LogP) is 4.30. The number of carbonyl (C=O) groups excluding carboxylic acids is 2. The number of aromatic nitrogens is 2. The van der Waals surface area contributed by atoms with Crippen LogP contribution in [0.4, 0.5) is 5.69 Å². The van der Waals surface area contributed by atoms with E-state index >= 15 is 0 Å². The molecule has 0 aliphatic carbocycles. The first-order valence-corrected chi connectivity index (χ1v) is 10.5. The summed E-state index contributed by atoms with van der Waals surface area (Å²) in [5, 5.41) is 5.91. The third kappa shape index (κ3) is 4.69. The van der Waals surface area contributed by atoms with Gasteiger partial charge >= 0.3 is 0 Å². The van der Waals surface area contributed by atoms with Crippen molar-refractivity contribution in [1.82, 2.24) is 14.9 Å². The second kappa shape index (κ2) is 8.39. The SMILES string of the molecule is CCC(C)NC(=O)c1nc(C(=O)Nc2ccc(C(C)(C)C)cc2)n2c1CCCC2. The Morgan fingerprint density at radius 2 is 1.83 bits per heavy atom. The number of nitrogens with one attached hydrogen (secondary N) is 2. The molecule has 1 atom stereocenters. The van der Waals surface area contributed by atoms with Gasteiger partial charge in [0, 0.05) is 18.3 Å². The number of hydrogen-bond donors (Lipinski definition) is 2. The molecule has 2 aromatic rings. The van der Waals surface area contributed by atoms with Crippen molar-refractivity contribution in [2.75, 3.05) is 5.32 Å². The molecule has 1 aliphatic heterocycles. The Balaban J connectivity index is 1.84. The highest BCUT2D eigenvalue weighted by Gasteiger charge is 2.28. The maximum Gasteiger partial charge on any atom is 0.291 e. The Kier molecular flexibility index (Phi) is 6.10. The lowest BCUT2D eigenvalue weighted by molar-refractivity contribution is 0.0933. The lowest BCUT2D eigenvalue weighted by atomic mass is 9.87. The van der Waals surface area contributed by atoms with Gasteiger partial charge in [0.05, 0.1) is 5.69 Å². The van der Waals surface area contributed by atoms with E-state index in [0.29, 0.717) is 18.1 Å². The molecule has 0 saturated heterocycles. The number of imidazole rings is 1. The normalized spacial score (nSPS) is 14.8. The van der Waals surface area contributed by atoms with Crippen molar-refractivity contribution in [3.63, 3.8) is 0 Å². The summed E-state index contributed by atoms with van der Waals surface area (Å²) in [6, 6.07) is 7.95. The van der Waals surface area contributed by atoms with Crippen molar-refractivity contribution in [2.24, 2.45) is 0 Å². The van der Waals surface area contributed by atoms with Crippen LogP contribution in [0.3, 0.4) is 0 Å². The summed E-state index contributed by atoms with van der Waals surface area (Å²) in [4.78, 5) is 30.1. The molecule has 6 nitrogen and oxygen atoms in total. The van der Waals surface area contributed by atoms with Crippen LogP contribution in [-0.4, -0.2) is 27.4 Å². The van der Waals surface area contributed by atoms with Gasteiger partial charge in [0.2, 0.25) is 0 Å². The molecule has 1 aromatic heterocycles. The predicted molar refractivity (Wildman–Crippen MR) is 115 cm³/mol. The highest BCUT2D eigenvalue weighted by atomic mass is 16.2. The number of fused-ring (bicyclic) bond motifs is 1. The van der Waals surface area contributed by atoms with Gasteiger partial charge in [0.15, 0.2) is 5.82 Å². The van der Waals surface area contributed by atoms with Gasteiger partial charge in [-0.3, -0.25) is 9.59 Å². The third-order valence-electron chi connectivity index (χ3n) is 5.53. The Labute approximate surface area is 173 Å². The topological polar surface area (TPSA) is 76.0 Å². The largest absolute Gasteiger partial charge is 0.348 e. The van der Waals surface area contributed by atoms with Gasteiger partial charge in [0.25, 0.3) is 11.8 Å². The first-order valence-electron chi connectivity index (χ1n) is 10.5. The molecule has 156 valence electrons. The van der Waals surface area contributed by atoms with Crippen molar-refractivity contribution < 1.29 is 9.59 Å². The summed E-state index contributed by atoms with van der Waals surface area (Å²) in [7, 11) is 0. The number of rotatable bonds is 5. The number of benzene rings is 1.